The van der Waals surface area contributed by atoms with Crippen LogP contribution in [-0.4, -0.2) is 67.4 Å². The van der Waals surface area contributed by atoms with E-state index in [0.717, 1.165) is 5.56 Å². The van der Waals surface area contributed by atoms with Gasteiger partial charge in [-0.05, 0) is 12.0 Å². The van der Waals surface area contributed by atoms with Crippen LogP contribution in [0.15, 0.2) is 30.3 Å². The Morgan fingerprint density at radius 2 is 1.78 bits per heavy atom. The predicted octanol–water partition coefficient (Wildman–Crippen LogP) is -0.132. The van der Waals surface area contributed by atoms with Crippen molar-refractivity contribution in [3.05, 3.63) is 35.9 Å². The Hall–Kier alpha value is -1.63. The molecule has 6 nitrogen and oxygen atoms in total. The third-order valence-electron chi connectivity index (χ3n) is 3.95. The maximum atomic E-state index is 12.4. The molecule has 1 aromatic rings. The van der Waals surface area contributed by atoms with Crippen molar-refractivity contribution in [2.75, 3.05) is 39.8 Å². The minimum Gasteiger partial charge on any atom is -0.358 e. The topological polar surface area (TPSA) is 78.7 Å². The van der Waals surface area contributed by atoms with Gasteiger partial charge in [0.1, 0.15) is 0 Å². The number of nitrogens with zero attached hydrogens (tertiary/aromatic N) is 2. The van der Waals surface area contributed by atoms with Crippen molar-refractivity contribution >= 4 is 24.2 Å². The highest BCUT2D eigenvalue weighted by Crippen LogP contribution is 2.07. The molecule has 128 valence electrons. The number of piperazine rings is 1. The Bertz CT molecular complexity index is 504. The predicted molar refractivity (Wildman–Crippen MR) is 92.5 cm³/mol. The van der Waals surface area contributed by atoms with E-state index in [1.165, 1.54) is 0 Å². The Balaban J connectivity index is 0.00000264. The van der Waals surface area contributed by atoms with Crippen molar-refractivity contribution in [3.8, 4) is 0 Å². The number of rotatable bonds is 5. The van der Waals surface area contributed by atoms with Crippen LogP contribution in [-0.2, 0) is 16.0 Å². The number of hydrogen-bond acceptors (Lipinski definition) is 4. The lowest BCUT2D eigenvalue weighted by Gasteiger charge is -2.35. The van der Waals surface area contributed by atoms with Crippen LogP contribution < -0.4 is 11.1 Å². The maximum absolute atomic E-state index is 12.4. The second-order valence-corrected chi connectivity index (χ2v) is 5.57. The average Bonchev–Trinajstić information content (AvgIpc) is 2.55. The fourth-order valence-corrected chi connectivity index (χ4v) is 2.60. The summed E-state index contributed by atoms with van der Waals surface area (Å²) in [6, 6.07) is 9.30. The van der Waals surface area contributed by atoms with E-state index in [9.17, 15) is 9.59 Å². The van der Waals surface area contributed by atoms with Crippen molar-refractivity contribution < 1.29 is 9.59 Å². The van der Waals surface area contributed by atoms with Crippen LogP contribution in [0.2, 0.25) is 0 Å². The van der Waals surface area contributed by atoms with Gasteiger partial charge in [0.25, 0.3) is 0 Å². The number of carbonyl (C=O) groups excluding carboxylic acids is 2. The van der Waals surface area contributed by atoms with Crippen molar-refractivity contribution in [1.29, 1.82) is 0 Å². The molecule has 2 rings (SSSR count). The molecule has 0 aromatic heterocycles. The SMILES string of the molecule is CNC(=O)CN1CCN(C(=O)C(N)Cc2ccccc2)CC1.Cl. The van der Waals surface area contributed by atoms with Gasteiger partial charge >= 0.3 is 0 Å². The number of benzene rings is 1. The summed E-state index contributed by atoms with van der Waals surface area (Å²) in [6.45, 7) is 3.04. The summed E-state index contributed by atoms with van der Waals surface area (Å²) < 4.78 is 0. The van der Waals surface area contributed by atoms with E-state index in [4.69, 9.17) is 5.73 Å². The lowest BCUT2D eigenvalue weighted by Crippen LogP contribution is -2.54. The summed E-state index contributed by atoms with van der Waals surface area (Å²) in [5, 5.41) is 2.61. The third-order valence-corrected chi connectivity index (χ3v) is 3.95. The van der Waals surface area contributed by atoms with Crippen molar-refractivity contribution in [1.82, 2.24) is 15.1 Å². The summed E-state index contributed by atoms with van der Waals surface area (Å²) >= 11 is 0. The van der Waals surface area contributed by atoms with Crippen LogP contribution in [0.4, 0.5) is 0 Å². The standard InChI is InChI=1S/C16H24N4O2.ClH/c1-18-15(21)12-19-7-9-20(10-8-19)16(22)14(17)11-13-5-3-2-4-6-13;/h2-6,14H,7-12,17H2,1H3,(H,18,21);1H. The Labute approximate surface area is 143 Å². The van der Waals surface area contributed by atoms with Gasteiger partial charge in [-0.3, -0.25) is 14.5 Å². The quantitative estimate of drug-likeness (QED) is 0.782. The van der Waals surface area contributed by atoms with Crippen molar-refractivity contribution in [2.45, 2.75) is 12.5 Å². The Morgan fingerprint density at radius 3 is 2.35 bits per heavy atom. The zero-order chi connectivity index (χ0) is 15.9. The largest absolute Gasteiger partial charge is 0.358 e. The second-order valence-electron chi connectivity index (χ2n) is 5.57. The Kier molecular flexibility index (Phi) is 8.02. The van der Waals surface area contributed by atoms with E-state index in [2.05, 4.69) is 5.32 Å². The highest BCUT2D eigenvalue weighted by atomic mass is 35.5. The fraction of sp³-hybridized carbons (Fsp3) is 0.500. The van der Waals surface area contributed by atoms with E-state index in [1.807, 2.05) is 35.2 Å². The highest BCUT2D eigenvalue weighted by molar-refractivity contribution is 5.85. The number of nitrogens with one attached hydrogen (secondary N) is 1. The summed E-state index contributed by atoms with van der Waals surface area (Å²) in [7, 11) is 1.63. The van der Waals surface area contributed by atoms with E-state index in [1.54, 1.807) is 11.9 Å². The van der Waals surface area contributed by atoms with Crippen LogP contribution in [0.1, 0.15) is 5.56 Å². The van der Waals surface area contributed by atoms with Crippen molar-refractivity contribution in [3.63, 3.8) is 0 Å². The molecule has 0 radical (unpaired) electrons. The summed E-state index contributed by atoms with van der Waals surface area (Å²) in [5.41, 5.74) is 7.12. The van der Waals surface area contributed by atoms with Gasteiger partial charge in [-0.1, -0.05) is 30.3 Å². The van der Waals surface area contributed by atoms with Gasteiger partial charge in [-0.25, -0.2) is 0 Å². The molecular weight excluding hydrogens is 316 g/mol. The molecule has 1 aromatic carbocycles. The molecule has 7 heteroatoms. The second kappa shape index (κ2) is 9.50. The molecule has 0 saturated carbocycles. The molecule has 2 amide bonds. The first-order chi connectivity index (χ1) is 10.6. The van der Waals surface area contributed by atoms with Gasteiger partial charge in [0.05, 0.1) is 12.6 Å². The summed E-state index contributed by atoms with van der Waals surface area (Å²) in [5.74, 6) is -0.0102. The molecule has 23 heavy (non-hydrogen) atoms. The van der Waals surface area contributed by atoms with Gasteiger partial charge in [0.2, 0.25) is 11.8 Å². The van der Waals surface area contributed by atoms with E-state index < -0.39 is 6.04 Å². The first kappa shape index (κ1) is 19.4. The number of likely N-dealkylation sites (N-methyl/N-ethyl adjacent to an activating group) is 1. The number of amides is 2. The molecule has 1 unspecified atom stereocenters. The number of halogens is 1. The lowest BCUT2D eigenvalue weighted by atomic mass is 10.1. The zero-order valence-electron chi connectivity index (χ0n) is 13.4. The van der Waals surface area contributed by atoms with Crippen LogP contribution >= 0.6 is 12.4 Å². The molecule has 1 heterocycles. The molecule has 1 atom stereocenters. The van der Waals surface area contributed by atoms with Crippen molar-refractivity contribution in [2.24, 2.45) is 5.73 Å². The molecule has 1 fully saturated rings. The molecule has 1 aliphatic rings. The van der Waals surface area contributed by atoms with Gasteiger partial charge in [0.15, 0.2) is 0 Å². The van der Waals surface area contributed by atoms with Crippen LogP contribution in [0.5, 0.6) is 0 Å². The van der Waals surface area contributed by atoms with Gasteiger partial charge < -0.3 is 16.0 Å². The van der Waals surface area contributed by atoms with E-state index >= 15 is 0 Å². The van der Waals surface area contributed by atoms with Gasteiger partial charge in [0, 0.05) is 33.2 Å². The first-order valence-electron chi connectivity index (χ1n) is 7.61. The molecular formula is C16H25ClN4O2. The minimum atomic E-state index is -0.507. The smallest absolute Gasteiger partial charge is 0.239 e. The minimum absolute atomic E-state index is 0. The monoisotopic (exact) mass is 340 g/mol. The molecule has 1 saturated heterocycles. The lowest BCUT2D eigenvalue weighted by molar-refractivity contribution is -0.134. The number of nitrogens with two attached hydrogens (primary N) is 1. The van der Waals surface area contributed by atoms with E-state index in [0.29, 0.717) is 39.1 Å². The van der Waals surface area contributed by atoms with Gasteiger partial charge in [-0.2, -0.15) is 0 Å². The summed E-state index contributed by atoms with van der Waals surface area (Å²) in [6.07, 6.45) is 0.554. The maximum Gasteiger partial charge on any atom is 0.239 e. The third kappa shape index (κ3) is 5.82. The molecule has 1 aliphatic heterocycles. The summed E-state index contributed by atoms with van der Waals surface area (Å²) in [4.78, 5) is 27.6. The number of carbonyl (C=O) groups is 2. The molecule has 0 bridgehead atoms. The molecule has 0 spiro atoms. The Morgan fingerprint density at radius 1 is 1.17 bits per heavy atom. The zero-order valence-corrected chi connectivity index (χ0v) is 14.2. The van der Waals surface area contributed by atoms with Crippen LogP contribution in [0.25, 0.3) is 0 Å². The molecule has 0 aliphatic carbocycles. The van der Waals surface area contributed by atoms with Crippen LogP contribution in [0.3, 0.4) is 0 Å². The number of hydrogen-bond donors (Lipinski definition) is 2. The normalized spacial score (nSPS) is 16.3. The fourth-order valence-electron chi connectivity index (χ4n) is 2.60. The van der Waals surface area contributed by atoms with Gasteiger partial charge in [-0.15, -0.1) is 12.4 Å². The first-order valence-corrected chi connectivity index (χ1v) is 7.61. The molecule has 3 N–H and O–H groups in total. The average molecular weight is 341 g/mol. The van der Waals surface area contributed by atoms with E-state index in [-0.39, 0.29) is 24.2 Å². The highest BCUT2D eigenvalue weighted by Gasteiger charge is 2.25. The van der Waals surface area contributed by atoms with Crippen LogP contribution in [0, 0.1) is 0 Å².